The summed E-state index contributed by atoms with van der Waals surface area (Å²) in [5.74, 6) is 1.31. The zero-order valence-corrected chi connectivity index (χ0v) is 8.67. The van der Waals surface area contributed by atoms with Crippen LogP contribution in [0.2, 0.25) is 0 Å². The number of nitrogens with zero attached hydrogens (tertiary/aromatic N) is 2. The molecule has 0 spiro atoms. The van der Waals surface area contributed by atoms with E-state index in [2.05, 4.69) is 15.5 Å². The third kappa shape index (κ3) is 2.00. The van der Waals surface area contributed by atoms with Crippen molar-refractivity contribution in [2.75, 3.05) is 6.54 Å². The molecule has 14 heavy (non-hydrogen) atoms. The molecular formula is C9H11N3OS. The van der Waals surface area contributed by atoms with Gasteiger partial charge in [0.2, 0.25) is 11.7 Å². The summed E-state index contributed by atoms with van der Waals surface area (Å²) in [6, 6.07) is 3.95. The van der Waals surface area contributed by atoms with E-state index in [0.29, 0.717) is 18.3 Å². The number of hydrogen-bond donors (Lipinski definition) is 1. The van der Waals surface area contributed by atoms with E-state index in [9.17, 15) is 0 Å². The third-order valence-electron chi connectivity index (χ3n) is 1.74. The zero-order valence-electron chi connectivity index (χ0n) is 7.86. The van der Waals surface area contributed by atoms with Crippen molar-refractivity contribution in [3.63, 3.8) is 0 Å². The molecule has 0 unspecified atom stereocenters. The van der Waals surface area contributed by atoms with Crippen LogP contribution in [0.3, 0.4) is 0 Å². The Bertz CT molecular complexity index is 382. The molecule has 0 fully saturated rings. The molecule has 0 radical (unpaired) electrons. The van der Waals surface area contributed by atoms with Crippen molar-refractivity contribution in [1.29, 1.82) is 0 Å². The van der Waals surface area contributed by atoms with Crippen molar-refractivity contribution in [2.45, 2.75) is 13.5 Å². The van der Waals surface area contributed by atoms with Gasteiger partial charge in [0, 0.05) is 0 Å². The van der Waals surface area contributed by atoms with E-state index in [1.165, 1.54) is 0 Å². The maximum absolute atomic E-state index is 5.07. The van der Waals surface area contributed by atoms with E-state index < -0.39 is 0 Å². The zero-order chi connectivity index (χ0) is 9.80. The van der Waals surface area contributed by atoms with Gasteiger partial charge in [-0.05, 0) is 18.0 Å². The maximum Gasteiger partial charge on any atom is 0.240 e. The summed E-state index contributed by atoms with van der Waals surface area (Å²) < 4.78 is 5.07. The fourth-order valence-electron chi connectivity index (χ4n) is 1.06. The molecule has 4 nitrogen and oxygen atoms in total. The Morgan fingerprint density at radius 3 is 3.21 bits per heavy atom. The highest BCUT2D eigenvalue weighted by Crippen LogP contribution is 2.20. The number of hydrogen-bond acceptors (Lipinski definition) is 5. The van der Waals surface area contributed by atoms with Crippen molar-refractivity contribution in [1.82, 2.24) is 15.5 Å². The second kappa shape index (κ2) is 4.34. The van der Waals surface area contributed by atoms with E-state index >= 15 is 0 Å². The highest BCUT2D eigenvalue weighted by Gasteiger charge is 2.07. The number of thiophene rings is 1. The second-order valence-electron chi connectivity index (χ2n) is 2.77. The minimum absolute atomic E-state index is 0.634. The molecule has 0 saturated heterocycles. The lowest BCUT2D eigenvalue weighted by Crippen LogP contribution is -2.11. The fourth-order valence-corrected chi connectivity index (χ4v) is 1.71. The second-order valence-corrected chi connectivity index (χ2v) is 3.72. The highest BCUT2D eigenvalue weighted by molar-refractivity contribution is 7.13. The topological polar surface area (TPSA) is 51.0 Å². The van der Waals surface area contributed by atoms with Crippen molar-refractivity contribution >= 4 is 11.3 Å². The Labute approximate surface area is 86.0 Å². The molecule has 0 amide bonds. The molecule has 0 saturated carbocycles. The van der Waals surface area contributed by atoms with Crippen LogP contribution in [0.15, 0.2) is 22.0 Å². The molecule has 1 N–H and O–H groups in total. The summed E-state index contributed by atoms with van der Waals surface area (Å²) in [5.41, 5.74) is 0. The summed E-state index contributed by atoms with van der Waals surface area (Å²) in [6.07, 6.45) is 0. The van der Waals surface area contributed by atoms with E-state index in [0.717, 1.165) is 11.4 Å². The van der Waals surface area contributed by atoms with Crippen molar-refractivity contribution < 1.29 is 4.52 Å². The molecule has 2 aromatic rings. The summed E-state index contributed by atoms with van der Waals surface area (Å²) in [5, 5.41) is 9.02. The van der Waals surface area contributed by atoms with Crippen molar-refractivity contribution in [3.05, 3.63) is 23.4 Å². The van der Waals surface area contributed by atoms with Gasteiger partial charge in [0.15, 0.2) is 0 Å². The SMILES string of the molecule is CCNCc1nc(-c2cccs2)no1. The quantitative estimate of drug-likeness (QED) is 0.835. The summed E-state index contributed by atoms with van der Waals surface area (Å²) >= 11 is 1.61. The third-order valence-corrected chi connectivity index (χ3v) is 2.60. The summed E-state index contributed by atoms with van der Waals surface area (Å²) in [7, 11) is 0. The lowest BCUT2D eigenvalue weighted by Gasteiger charge is -1.92. The van der Waals surface area contributed by atoms with Crippen LogP contribution in [0.1, 0.15) is 12.8 Å². The Balaban J connectivity index is 2.10. The first kappa shape index (κ1) is 9.36. The van der Waals surface area contributed by atoms with Gasteiger partial charge in [0.05, 0.1) is 11.4 Å². The molecular weight excluding hydrogens is 198 g/mol. The van der Waals surface area contributed by atoms with E-state index in [1.807, 2.05) is 24.4 Å². The first-order valence-electron chi connectivity index (χ1n) is 4.47. The normalized spacial score (nSPS) is 10.6. The van der Waals surface area contributed by atoms with Gasteiger partial charge in [-0.25, -0.2) is 0 Å². The summed E-state index contributed by atoms with van der Waals surface area (Å²) in [6.45, 7) is 3.57. The van der Waals surface area contributed by atoms with Crippen LogP contribution in [0.4, 0.5) is 0 Å². The number of rotatable bonds is 4. The average molecular weight is 209 g/mol. The minimum Gasteiger partial charge on any atom is -0.338 e. The van der Waals surface area contributed by atoms with Crippen LogP contribution >= 0.6 is 11.3 Å². The van der Waals surface area contributed by atoms with Crippen molar-refractivity contribution in [3.8, 4) is 10.7 Å². The average Bonchev–Trinajstić information content (AvgIpc) is 2.85. The molecule has 0 aliphatic rings. The molecule has 2 rings (SSSR count). The van der Waals surface area contributed by atoms with Crippen LogP contribution in [0.5, 0.6) is 0 Å². The Hall–Kier alpha value is -1.20. The van der Waals surface area contributed by atoms with Gasteiger partial charge >= 0.3 is 0 Å². The lowest BCUT2D eigenvalue weighted by molar-refractivity contribution is 0.369. The molecule has 74 valence electrons. The Morgan fingerprint density at radius 1 is 1.57 bits per heavy atom. The van der Waals surface area contributed by atoms with Crippen LogP contribution in [-0.4, -0.2) is 16.7 Å². The van der Waals surface area contributed by atoms with Gasteiger partial charge in [-0.2, -0.15) is 4.98 Å². The molecule has 0 bridgehead atoms. The molecule has 2 aromatic heterocycles. The summed E-state index contributed by atoms with van der Waals surface area (Å²) in [4.78, 5) is 5.30. The van der Waals surface area contributed by atoms with E-state index in [1.54, 1.807) is 11.3 Å². The highest BCUT2D eigenvalue weighted by atomic mass is 32.1. The molecule has 2 heterocycles. The molecule has 0 atom stereocenters. The van der Waals surface area contributed by atoms with Gasteiger partial charge in [-0.3, -0.25) is 0 Å². The minimum atomic E-state index is 0.634. The predicted molar refractivity (Wildman–Crippen MR) is 55.0 cm³/mol. The number of nitrogens with one attached hydrogen (secondary N) is 1. The van der Waals surface area contributed by atoms with Gasteiger partial charge < -0.3 is 9.84 Å². The van der Waals surface area contributed by atoms with Gasteiger partial charge in [-0.15, -0.1) is 11.3 Å². The predicted octanol–water partition coefficient (Wildman–Crippen LogP) is 1.91. The fraction of sp³-hybridized carbons (Fsp3) is 0.333. The van der Waals surface area contributed by atoms with E-state index in [-0.39, 0.29) is 0 Å². The van der Waals surface area contributed by atoms with Gasteiger partial charge in [0.25, 0.3) is 0 Å². The molecule has 0 aliphatic heterocycles. The first-order chi connectivity index (χ1) is 6.90. The monoisotopic (exact) mass is 209 g/mol. The van der Waals surface area contributed by atoms with E-state index in [4.69, 9.17) is 4.52 Å². The standard InChI is InChI=1S/C9H11N3OS/c1-2-10-6-8-11-9(12-13-8)7-4-3-5-14-7/h3-5,10H,2,6H2,1H3. The maximum atomic E-state index is 5.07. The van der Waals surface area contributed by atoms with Crippen LogP contribution in [0.25, 0.3) is 10.7 Å². The molecule has 0 aromatic carbocycles. The van der Waals surface area contributed by atoms with Crippen molar-refractivity contribution in [2.24, 2.45) is 0 Å². The van der Waals surface area contributed by atoms with Crippen LogP contribution < -0.4 is 5.32 Å². The Kier molecular flexibility index (Phi) is 2.90. The number of aromatic nitrogens is 2. The van der Waals surface area contributed by atoms with Crippen LogP contribution in [-0.2, 0) is 6.54 Å². The largest absolute Gasteiger partial charge is 0.338 e. The van der Waals surface area contributed by atoms with Crippen LogP contribution in [0, 0.1) is 0 Å². The Morgan fingerprint density at radius 2 is 2.50 bits per heavy atom. The van der Waals surface area contributed by atoms with Gasteiger partial charge in [-0.1, -0.05) is 18.1 Å². The molecule has 5 heteroatoms. The first-order valence-corrected chi connectivity index (χ1v) is 5.35. The lowest BCUT2D eigenvalue weighted by atomic mass is 10.4. The van der Waals surface area contributed by atoms with Gasteiger partial charge in [0.1, 0.15) is 0 Å². The molecule has 0 aliphatic carbocycles. The smallest absolute Gasteiger partial charge is 0.240 e.